The molecule has 1 aromatic heterocycles. The molecule has 1 atom stereocenters. The Morgan fingerprint density at radius 3 is 2.94 bits per heavy atom. The summed E-state index contributed by atoms with van der Waals surface area (Å²) >= 11 is 0. The van der Waals surface area contributed by atoms with E-state index in [0.29, 0.717) is 0 Å². The molecular formula is C14H16N2O. The van der Waals surface area contributed by atoms with E-state index in [4.69, 9.17) is 0 Å². The zero-order valence-corrected chi connectivity index (χ0v) is 9.71. The van der Waals surface area contributed by atoms with Crippen molar-refractivity contribution in [1.29, 1.82) is 0 Å². The van der Waals surface area contributed by atoms with Crippen LogP contribution in [0.3, 0.4) is 0 Å². The fourth-order valence-electron chi connectivity index (χ4n) is 2.49. The van der Waals surface area contributed by atoms with Crippen LogP contribution in [0.2, 0.25) is 0 Å². The van der Waals surface area contributed by atoms with Gasteiger partial charge >= 0.3 is 0 Å². The molecule has 17 heavy (non-hydrogen) atoms. The minimum atomic E-state index is -0.389. The first-order valence-electron chi connectivity index (χ1n) is 6.11. The first kappa shape index (κ1) is 10.5. The standard InChI is InChI=1S/C14H16N2O/c17-14-8-4-7-12-10-15-13(16(12)14)9-11-5-2-1-3-6-11/h1-3,5-6,10,14,17H,4,7-9H2. The highest BCUT2D eigenvalue weighted by atomic mass is 16.3. The van der Waals surface area contributed by atoms with E-state index in [1.807, 2.05) is 29.0 Å². The van der Waals surface area contributed by atoms with Crippen molar-refractivity contribution >= 4 is 0 Å². The van der Waals surface area contributed by atoms with Gasteiger partial charge in [0.2, 0.25) is 0 Å². The van der Waals surface area contributed by atoms with E-state index in [1.165, 1.54) is 5.56 Å². The van der Waals surface area contributed by atoms with Crippen LogP contribution in [0.1, 0.15) is 36.2 Å². The number of fused-ring (bicyclic) bond motifs is 1. The molecule has 1 unspecified atom stereocenters. The van der Waals surface area contributed by atoms with Crippen molar-refractivity contribution < 1.29 is 5.11 Å². The number of aryl methyl sites for hydroxylation is 1. The summed E-state index contributed by atoms with van der Waals surface area (Å²) in [4.78, 5) is 4.45. The lowest BCUT2D eigenvalue weighted by Crippen LogP contribution is -2.19. The molecule has 2 heterocycles. The van der Waals surface area contributed by atoms with E-state index in [9.17, 15) is 5.11 Å². The van der Waals surface area contributed by atoms with Gasteiger partial charge in [-0.2, -0.15) is 0 Å². The molecule has 1 N–H and O–H groups in total. The van der Waals surface area contributed by atoms with Crippen LogP contribution in [0.15, 0.2) is 36.5 Å². The van der Waals surface area contributed by atoms with Gasteiger partial charge in [-0.05, 0) is 24.8 Å². The van der Waals surface area contributed by atoms with Gasteiger partial charge in [-0.25, -0.2) is 4.98 Å². The summed E-state index contributed by atoms with van der Waals surface area (Å²) in [6, 6.07) is 10.3. The lowest BCUT2D eigenvalue weighted by Gasteiger charge is -2.22. The molecule has 0 fully saturated rings. The van der Waals surface area contributed by atoms with Crippen LogP contribution in [-0.2, 0) is 12.8 Å². The van der Waals surface area contributed by atoms with Crippen molar-refractivity contribution in [2.45, 2.75) is 31.9 Å². The Hall–Kier alpha value is -1.61. The zero-order chi connectivity index (χ0) is 11.7. The molecule has 3 heteroatoms. The van der Waals surface area contributed by atoms with Crippen LogP contribution in [-0.4, -0.2) is 14.7 Å². The van der Waals surface area contributed by atoms with E-state index >= 15 is 0 Å². The number of hydrogen-bond donors (Lipinski definition) is 1. The summed E-state index contributed by atoms with van der Waals surface area (Å²) in [5.74, 6) is 0.971. The van der Waals surface area contributed by atoms with Crippen molar-refractivity contribution in [3.05, 3.63) is 53.6 Å². The van der Waals surface area contributed by atoms with Crippen LogP contribution in [0.4, 0.5) is 0 Å². The predicted molar refractivity (Wildman–Crippen MR) is 65.7 cm³/mol. The zero-order valence-electron chi connectivity index (χ0n) is 9.71. The number of benzene rings is 1. The number of aromatic nitrogens is 2. The third-order valence-corrected chi connectivity index (χ3v) is 3.35. The van der Waals surface area contributed by atoms with Crippen LogP contribution >= 0.6 is 0 Å². The summed E-state index contributed by atoms with van der Waals surface area (Å²) in [5, 5.41) is 10.0. The number of aliphatic hydroxyl groups is 1. The highest BCUT2D eigenvalue weighted by Crippen LogP contribution is 2.25. The second-order valence-corrected chi connectivity index (χ2v) is 4.57. The molecule has 1 aliphatic heterocycles. The van der Waals surface area contributed by atoms with Gasteiger partial charge in [-0.3, -0.25) is 0 Å². The summed E-state index contributed by atoms with van der Waals surface area (Å²) < 4.78 is 2.00. The summed E-state index contributed by atoms with van der Waals surface area (Å²) in [6.07, 6.45) is 5.22. The number of rotatable bonds is 2. The molecule has 1 aromatic carbocycles. The SMILES string of the molecule is OC1CCCc2cnc(Cc3ccccc3)n21. The maximum Gasteiger partial charge on any atom is 0.132 e. The maximum atomic E-state index is 10.0. The molecule has 88 valence electrons. The molecular weight excluding hydrogens is 212 g/mol. The molecule has 0 bridgehead atoms. The first-order chi connectivity index (χ1) is 8.34. The minimum Gasteiger partial charge on any atom is -0.373 e. The Bertz CT molecular complexity index is 504. The Kier molecular flexibility index (Phi) is 2.69. The monoisotopic (exact) mass is 228 g/mol. The quantitative estimate of drug-likeness (QED) is 0.856. The Morgan fingerprint density at radius 2 is 2.12 bits per heavy atom. The first-order valence-corrected chi connectivity index (χ1v) is 6.11. The van der Waals surface area contributed by atoms with E-state index < -0.39 is 0 Å². The molecule has 0 amide bonds. The van der Waals surface area contributed by atoms with Gasteiger partial charge in [0.25, 0.3) is 0 Å². The van der Waals surface area contributed by atoms with Crippen LogP contribution in [0, 0.1) is 0 Å². The molecule has 0 saturated heterocycles. The summed E-state index contributed by atoms with van der Waals surface area (Å²) in [5.41, 5.74) is 2.40. The lowest BCUT2D eigenvalue weighted by atomic mass is 10.1. The smallest absolute Gasteiger partial charge is 0.132 e. The molecule has 0 spiro atoms. The van der Waals surface area contributed by atoms with Gasteiger partial charge < -0.3 is 9.67 Å². The van der Waals surface area contributed by atoms with Crippen LogP contribution < -0.4 is 0 Å². The molecule has 0 aliphatic carbocycles. The summed E-state index contributed by atoms with van der Waals surface area (Å²) in [7, 11) is 0. The molecule has 3 rings (SSSR count). The van der Waals surface area contributed by atoms with Crippen molar-refractivity contribution in [3.63, 3.8) is 0 Å². The highest BCUT2D eigenvalue weighted by Gasteiger charge is 2.20. The topological polar surface area (TPSA) is 38.1 Å². The average molecular weight is 228 g/mol. The van der Waals surface area contributed by atoms with E-state index in [0.717, 1.165) is 37.2 Å². The van der Waals surface area contributed by atoms with Crippen molar-refractivity contribution in [1.82, 2.24) is 9.55 Å². The Morgan fingerprint density at radius 1 is 1.29 bits per heavy atom. The van der Waals surface area contributed by atoms with Crippen molar-refractivity contribution in [2.75, 3.05) is 0 Å². The maximum absolute atomic E-state index is 10.0. The van der Waals surface area contributed by atoms with Gasteiger partial charge in [0.1, 0.15) is 12.1 Å². The summed E-state index contributed by atoms with van der Waals surface area (Å²) in [6.45, 7) is 0. The fraction of sp³-hybridized carbons (Fsp3) is 0.357. The molecule has 1 aliphatic rings. The second kappa shape index (κ2) is 4.34. The number of hydrogen-bond acceptors (Lipinski definition) is 2. The third-order valence-electron chi connectivity index (χ3n) is 3.35. The normalized spacial score (nSPS) is 19.0. The van der Waals surface area contributed by atoms with Crippen molar-refractivity contribution in [2.24, 2.45) is 0 Å². The van der Waals surface area contributed by atoms with Crippen LogP contribution in [0.25, 0.3) is 0 Å². The fourth-order valence-corrected chi connectivity index (χ4v) is 2.49. The van der Waals surface area contributed by atoms with Gasteiger partial charge in [-0.1, -0.05) is 30.3 Å². The Balaban J connectivity index is 1.92. The number of nitrogens with zero attached hydrogens (tertiary/aromatic N) is 2. The van der Waals surface area contributed by atoms with Gasteiger partial charge in [0, 0.05) is 18.3 Å². The molecule has 3 nitrogen and oxygen atoms in total. The molecule has 0 radical (unpaired) electrons. The van der Waals surface area contributed by atoms with E-state index in [-0.39, 0.29) is 6.23 Å². The number of aliphatic hydroxyl groups excluding tert-OH is 1. The average Bonchev–Trinajstić information content (AvgIpc) is 2.75. The van der Waals surface area contributed by atoms with Crippen molar-refractivity contribution in [3.8, 4) is 0 Å². The second-order valence-electron chi connectivity index (χ2n) is 4.57. The van der Waals surface area contributed by atoms with Gasteiger partial charge in [0.15, 0.2) is 0 Å². The lowest BCUT2D eigenvalue weighted by molar-refractivity contribution is 0.0762. The highest BCUT2D eigenvalue weighted by molar-refractivity contribution is 5.21. The number of imidazole rings is 1. The molecule has 2 aromatic rings. The Labute approximate surface area is 101 Å². The van der Waals surface area contributed by atoms with E-state index in [1.54, 1.807) is 0 Å². The minimum absolute atomic E-state index is 0.389. The largest absolute Gasteiger partial charge is 0.373 e. The van der Waals surface area contributed by atoms with Gasteiger partial charge in [0.05, 0.1) is 0 Å². The predicted octanol–water partition coefficient (Wildman–Crippen LogP) is 2.30. The van der Waals surface area contributed by atoms with E-state index in [2.05, 4.69) is 17.1 Å². The third kappa shape index (κ3) is 1.98. The van der Waals surface area contributed by atoms with Gasteiger partial charge in [-0.15, -0.1) is 0 Å². The molecule has 0 saturated carbocycles. The van der Waals surface area contributed by atoms with Crippen LogP contribution in [0.5, 0.6) is 0 Å².